The highest BCUT2D eigenvalue weighted by atomic mass is 35.5. The minimum Gasteiger partial charge on any atom is -0.493 e. The molecule has 0 saturated carbocycles. The van der Waals surface area contributed by atoms with Crippen LogP contribution in [0.15, 0.2) is 40.8 Å². The number of halogens is 3. The van der Waals surface area contributed by atoms with E-state index >= 15 is 0 Å². The molecule has 0 fully saturated rings. The molecule has 0 radical (unpaired) electrons. The summed E-state index contributed by atoms with van der Waals surface area (Å²) in [5.41, 5.74) is 6.18. The van der Waals surface area contributed by atoms with Crippen LogP contribution in [0.2, 0.25) is 0 Å². The van der Waals surface area contributed by atoms with Crippen molar-refractivity contribution in [1.82, 2.24) is 10.3 Å². The Bertz CT molecular complexity index is 1070. The smallest absolute Gasteiger partial charge is 0.273 e. The molecule has 1 heterocycles. The SMILES string of the molecule is CCOc1cc(-c2nc(C(=O)NCc3c(F)cccc3F)c(C(C)N)o2)ccc1OC.Cl. The standard InChI is InChI=1S/C22H23F2N3O4.ClH/c1-4-30-18-10-13(8-9-17(18)29-3)22-27-19(20(31-22)12(2)25)21(28)26-11-14-15(23)6-5-7-16(14)24;/h5-10,12H,4,11,25H2,1-3H3,(H,26,28);1H. The molecule has 3 rings (SSSR count). The Hall–Kier alpha value is -3.17. The van der Waals surface area contributed by atoms with E-state index in [2.05, 4.69) is 10.3 Å². The summed E-state index contributed by atoms with van der Waals surface area (Å²) in [7, 11) is 1.53. The van der Waals surface area contributed by atoms with Crippen molar-refractivity contribution >= 4 is 18.3 Å². The van der Waals surface area contributed by atoms with E-state index in [0.29, 0.717) is 23.7 Å². The first-order chi connectivity index (χ1) is 14.8. The van der Waals surface area contributed by atoms with Crippen molar-refractivity contribution in [1.29, 1.82) is 0 Å². The number of amides is 1. The molecule has 0 aliphatic heterocycles. The van der Waals surface area contributed by atoms with Crippen molar-refractivity contribution in [2.75, 3.05) is 13.7 Å². The van der Waals surface area contributed by atoms with Gasteiger partial charge in [0.25, 0.3) is 5.91 Å². The van der Waals surface area contributed by atoms with Crippen LogP contribution in [0.1, 0.15) is 41.7 Å². The molecule has 10 heteroatoms. The van der Waals surface area contributed by atoms with E-state index in [1.54, 1.807) is 25.1 Å². The largest absolute Gasteiger partial charge is 0.493 e. The summed E-state index contributed by atoms with van der Waals surface area (Å²) in [6.07, 6.45) is 0. The number of ether oxygens (including phenoxy) is 2. The summed E-state index contributed by atoms with van der Waals surface area (Å²) < 4.78 is 44.2. The first kappa shape index (κ1) is 25.1. The third kappa shape index (κ3) is 5.35. The van der Waals surface area contributed by atoms with Crippen LogP contribution in [0.25, 0.3) is 11.5 Å². The second-order valence-electron chi connectivity index (χ2n) is 6.70. The van der Waals surface area contributed by atoms with Gasteiger partial charge >= 0.3 is 0 Å². The van der Waals surface area contributed by atoms with Gasteiger partial charge in [-0.05, 0) is 44.2 Å². The van der Waals surface area contributed by atoms with Gasteiger partial charge in [0.15, 0.2) is 23.0 Å². The molecule has 1 aromatic heterocycles. The topological polar surface area (TPSA) is 99.6 Å². The Morgan fingerprint density at radius 1 is 1.22 bits per heavy atom. The average Bonchev–Trinajstić information content (AvgIpc) is 3.19. The minimum atomic E-state index is -0.754. The van der Waals surface area contributed by atoms with Crippen molar-refractivity contribution in [2.45, 2.75) is 26.4 Å². The molecule has 0 spiro atoms. The number of carbonyl (C=O) groups is 1. The molecule has 3 N–H and O–H groups in total. The molecule has 0 aliphatic carbocycles. The highest BCUT2D eigenvalue weighted by molar-refractivity contribution is 5.94. The number of rotatable bonds is 8. The summed E-state index contributed by atoms with van der Waals surface area (Å²) in [5.74, 6) is -0.846. The van der Waals surface area contributed by atoms with Crippen molar-refractivity contribution in [3.05, 3.63) is 65.1 Å². The van der Waals surface area contributed by atoms with E-state index in [1.165, 1.54) is 13.2 Å². The van der Waals surface area contributed by atoms with Crippen LogP contribution in [-0.2, 0) is 6.54 Å². The number of hydrogen-bond donors (Lipinski definition) is 2. The van der Waals surface area contributed by atoms with Gasteiger partial charge in [-0.3, -0.25) is 4.79 Å². The summed E-state index contributed by atoms with van der Waals surface area (Å²) in [6, 6.07) is 7.91. The number of methoxy groups -OCH3 is 1. The van der Waals surface area contributed by atoms with Crippen molar-refractivity contribution < 1.29 is 27.5 Å². The maximum atomic E-state index is 13.8. The molecule has 172 valence electrons. The second kappa shape index (κ2) is 10.9. The first-order valence-electron chi connectivity index (χ1n) is 9.64. The van der Waals surface area contributed by atoms with Crippen LogP contribution in [0, 0.1) is 11.6 Å². The third-order valence-electron chi connectivity index (χ3n) is 4.48. The molecular weight excluding hydrogens is 444 g/mol. The number of oxazole rings is 1. The molecule has 1 atom stereocenters. The minimum absolute atomic E-state index is 0. The van der Waals surface area contributed by atoms with Gasteiger partial charge in [-0.15, -0.1) is 12.4 Å². The maximum Gasteiger partial charge on any atom is 0.273 e. The van der Waals surface area contributed by atoms with E-state index in [0.717, 1.165) is 12.1 Å². The van der Waals surface area contributed by atoms with Crippen LogP contribution in [0.5, 0.6) is 11.5 Å². The zero-order valence-electron chi connectivity index (χ0n) is 17.8. The van der Waals surface area contributed by atoms with Gasteiger partial charge in [-0.1, -0.05) is 6.07 Å². The summed E-state index contributed by atoms with van der Waals surface area (Å²) >= 11 is 0. The van der Waals surface area contributed by atoms with E-state index in [1.807, 2.05) is 6.92 Å². The van der Waals surface area contributed by atoms with Gasteiger partial charge in [0.2, 0.25) is 5.89 Å². The molecule has 1 unspecified atom stereocenters. The fourth-order valence-corrected chi connectivity index (χ4v) is 2.96. The molecule has 7 nitrogen and oxygen atoms in total. The summed E-state index contributed by atoms with van der Waals surface area (Å²) in [4.78, 5) is 17.0. The van der Waals surface area contributed by atoms with Gasteiger partial charge in [0, 0.05) is 17.7 Å². The fraction of sp³-hybridized carbons (Fsp3) is 0.273. The van der Waals surface area contributed by atoms with Gasteiger partial charge in [0.1, 0.15) is 11.6 Å². The Labute approximate surface area is 190 Å². The zero-order chi connectivity index (χ0) is 22.5. The molecule has 0 bridgehead atoms. The van der Waals surface area contributed by atoms with Gasteiger partial charge in [0.05, 0.1) is 19.8 Å². The number of benzene rings is 2. The lowest BCUT2D eigenvalue weighted by Gasteiger charge is -2.09. The lowest BCUT2D eigenvalue weighted by Crippen LogP contribution is -2.26. The quantitative estimate of drug-likeness (QED) is 0.509. The molecule has 3 aromatic rings. The predicted molar refractivity (Wildman–Crippen MR) is 117 cm³/mol. The van der Waals surface area contributed by atoms with Crippen LogP contribution in [0.4, 0.5) is 8.78 Å². The lowest BCUT2D eigenvalue weighted by atomic mass is 10.2. The highest BCUT2D eigenvalue weighted by Gasteiger charge is 2.24. The van der Waals surface area contributed by atoms with Crippen LogP contribution in [-0.4, -0.2) is 24.6 Å². The molecular formula is C22H24ClF2N3O4. The molecule has 32 heavy (non-hydrogen) atoms. The molecule has 2 aromatic carbocycles. The number of nitrogens with one attached hydrogen (secondary N) is 1. The van der Waals surface area contributed by atoms with Crippen LogP contribution in [0.3, 0.4) is 0 Å². The maximum absolute atomic E-state index is 13.8. The number of nitrogens with zero attached hydrogens (tertiary/aromatic N) is 1. The number of carbonyl (C=O) groups excluding carboxylic acids is 1. The second-order valence-corrected chi connectivity index (χ2v) is 6.70. The van der Waals surface area contributed by atoms with Gasteiger partial charge < -0.3 is 24.9 Å². The van der Waals surface area contributed by atoms with Gasteiger partial charge in [-0.2, -0.15) is 0 Å². The highest BCUT2D eigenvalue weighted by Crippen LogP contribution is 2.33. The van der Waals surface area contributed by atoms with Crippen molar-refractivity contribution in [3.63, 3.8) is 0 Å². The average molecular weight is 468 g/mol. The van der Waals surface area contributed by atoms with E-state index in [9.17, 15) is 13.6 Å². The lowest BCUT2D eigenvalue weighted by molar-refractivity contribution is 0.0943. The van der Waals surface area contributed by atoms with Crippen LogP contribution >= 0.6 is 12.4 Å². The van der Waals surface area contributed by atoms with E-state index in [-0.39, 0.29) is 41.9 Å². The molecule has 1 amide bonds. The zero-order valence-corrected chi connectivity index (χ0v) is 18.6. The number of hydrogen-bond acceptors (Lipinski definition) is 6. The number of nitrogens with two attached hydrogens (primary N) is 1. The third-order valence-corrected chi connectivity index (χ3v) is 4.48. The predicted octanol–water partition coefficient (Wildman–Crippen LogP) is 4.40. The molecule has 0 aliphatic rings. The van der Waals surface area contributed by atoms with E-state index in [4.69, 9.17) is 19.6 Å². The fourth-order valence-electron chi connectivity index (χ4n) is 2.96. The Kier molecular flexibility index (Phi) is 8.56. The molecule has 0 saturated heterocycles. The van der Waals surface area contributed by atoms with Crippen molar-refractivity contribution in [3.8, 4) is 23.0 Å². The Balaban J connectivity index is 0.00000363. The summed E-state index contributed by atoms with van der Waals surface area (Å²) in [5, 5.41) is 2.47. The van der Waals surface area contributed by atoms with E-state index < -0.39 is 23.6 Å². The van der Waals surface area contributed by atoms with Gasteiger partial charge in [-0.25, -0.2) is 13.8 Å². The Morgan fingerprint density at radius 2 is 1.91 bits per heavy atom. The monoisotopic (exact) mass is 467 g/mol. The van der Waals surface area contributed by atoms with Crippen molar-refractivity contribution in [2.24, 2.45) is 5.73 Å². The summed E-state index contributed by atoms with van der Waals surface area (Å²) in [6.45, 7) is 3.55. The first-order valence-corrected chi connectivity index (χ1v) is 9.64. The Morgan fingerprint density at radius 3 is 2.50 bits per heavy atom. The normalized spacial score (nSPS) is 11.4. The van der Waals surface area contributed by atoms with Crippen LogP contribution < -0.4 is 20.5 Å². The number of aromatic nitrogens is 1.